The molecule has 6 nitrogen and oxygen atoms in total. The van der Waals surface area contributed by atoms with Crippen LogP contribution in [-0.2, 0) is 11.2 Å². The van der Waals surface area contributed by atoms with Gasteiger partial charge in [0.1, 0.15) is 5.75 Å². The normalized spacial score (nSPS) is 10.1. The average molecular weight is 274 g/mol. The molecule has 0 spiro atoms. The second-order valence-electron chi connectivity index (χ2n) is 3.91. The zero-order valence-corrected chi connectivity index (χ0v) is 10.9. The molecule has 1 aromatic heterocycles. The molecule has 0 saturated heterocycles. The zero-order chi connectivity index (χ0) is 14.4. The number of aromatic nitrogens is 2. The van der Waals surface area contributed by atoms with Gasteiger partial charge in [-0.3, -0.25) is 0 Å². The predicted octanol–water partition coefficient (Wildman–Crippen LogP) is 1.59. The van der Waals surface area contributed by atoms with Gasteiger partial charge >= 0.3 is 5.97 Å². The van der Waals surface area contributed by atoms with E-state index in [1.165, 1.54) is 19.5 Å². The van der Waals surface area contributed by atoms with Crippen LogP contribution < -0.4 is 4.74 Å². The number of ether oxygens (including phenoxy) is 2. The topological polar surface area (TPSA) is 81.5 Å². The molecule has 0 aliphatic rings. The van der Waals surface area contributed by atoms with E-state index in [0.29, 0.717) is 12.2 Å². The number of aliphatic hydroxyl groups is 1. The number of aliphatic hydroxyl groups excluding tert-OH is 1. The van der Waals surface area contributed by atoms with Crippen LogP contribution in [0.3, 0.4) is 0 Å². The van der Waals surface area contributed by atoms with Gasteiger partial charge in [0.2, 0.25) is 5.88 Å². The molecule has 2 rings (SSSR count). The van der Waals surface area contributed by atoms with Crippen LogP contribution in [0.25, 0.3) is 0 Å². The van der Waals surface area contributed by atoms with Crippen molar-refractivity contribution in [2.75, 3.05) is 13.7 Å². The summed E-state index contributed by atoms with van der Waals surface area (Å²) in [6.45, 7) is 0.0350. The highest BCUT2D eigenvalue weighted by molar-refractivity contribution is 5.86. The van der Waals surface area contributed by atoms with Crippen molar-refractivity contribution in [3.8, 4) is 11.6 Å². The Morgan fingerprint density at radius 1 is 1.25 bits per heavy atom. The number of benzene rings is 1. The summed E-state index contributed by atoms with van der Waals surface area (Å²) in [4.78, 5) is 19.1. The number of nitrogens with zero attached hydrogens (tertiary/aromatic N) is 2. The number of carbonyl (C=O) groups is 1. The van der Waals surface area contributed by atoms with Crippen LogP contribution in [-0.4, -0.2) is 34.8 Å². The van der Waals surface area contributed by atoms with E-state index in [9.17, 15) is 4.79 Å². The highest BCUT2D eigenvalue weighted by Gasteiger charge is 2.09. The van der Waals surface area contributed by atoms with E-state index in [2.05, 4.69) is 14.7 Å². The molecule has 0 saturated carbocycles. The summed E-state index contributed by atoms with van der Waals surface area (Å²) in [5.41, 5.74) is 0.984. The molecule has 0 amide bonds. The van der Waals surface area contributed by atoms with E-state index in [1.807, 2.05) is 18.2 Å². The van der Waals surface area contributed by atoms with Gasteiger partial charge in [0, 0.05) is 6.61 Å². The molecule has 20 heavy (non-hydrogen) atoms. The van der Waals surface area contributed by atoms with Crippen molar-refractivity contribution in [3.63, 3.8) is 0 Å². The molecule has 0 aliphatic heterocycles. The standard InChI is InChI=1S/C14H14N2O4/c1-19-14(18)11-8-16-13(9-15-11)20-12-5-3-2-4-10(12)6-7-17/h2-5,8-9,17H,6-7H2,1H3. The maximum absolute atomic E-state index is 11.2. The van der Waals surface area contributed by atoms with Gasteiger partial charge in [0.25, 0.3) is 0 Å². The van der Waals surface area contributed by atoms with Gasteiger partial charge in [-0.05, 0) is 18.1 Å². The van der Waals surface area contributed by atoms with Gasteiger partial charge in [0.05, 0.1) is 19.5 Å². The van der Waals surface area contributed by atoms with E-state index in [-0.39, 0.29) is 18.2 Å². The molecule has 0 bridgehead atoms. The molecule has 6 heteroatoms. The summed E-state index contributed by atoms with van der Waals surface area (Å²) in [5.74, 6) is 0.314. The second-order valence-corrected chi connectivity index (χ2v) is 3.91. The highest BCUT2D eigenvalue weighted by atomic mass is 16.5. The minimum atomic E-state index is -0.551. The molecule has 1 heterocycles. The van der Waals surface area contributed by atoms with Crippen molar-refractivity contribution < 1.29 is 19.4 Å². The first-order chi connectivity index (χ1) is 9.74. The second kappa shape index (κ2) is 6.63. The van der Waals surface area contributed by atoms with Crippen LogP contribution >= 0.6 is 0 Å². The molecular formula is C14H14N2O4. The molecule has 0 fully saturated rings. The Morgan fingerprint density at radius 3 is 2.70 bits per heavy atom. The van der Waals surface area contributed by atoms with Crippen LogP contribution in [0.4, 0.5) is 0 Å². The minimum Gasteiger partial charge on any atom is -0.464 e. The Hall–Kier alpha value is -2.47. The third-order valence-electron chi connectivity index (χ3n) is 2.59. The summed E-state index contributed by atoms with van der Waals surface area (Å²) in [7, 11) is 1.28. The molecule has 0 aliphatic carbocycles. The largest absolute Gasteiger partial charge is 0.464 e. The third-order valence-corrected chi connectivity index (χ3v) is 2.59. The fourth-order valence-electron chi connectivity index (χ4n) is 1.62. The van der Waals surface area contributed by atoms with Crippen molar-refractivity contribution in [1.82, 2.24) is 9.97 Å². The number of hydrogen-bond donors (Lipinski definition) is 1. The first-order valence-electron chi connectivity index (χ1n) is 6.01. The van der Waals surface area contributed by atoms with E-state index in [1.54, 1.807) is 6.07 Å². The van der Waals surface area contributed by atoms with Gasteiger partial charge in [-0.15, -0.1) is 0 Å². The number of para-hydroxylation sites is 1. The molecule has 1 aromatic carbocycles. The minimum absolute atomic E-state index is 0.0350. The molecule has 0 unspecified atom stereocenters. The highest BCUT2D eigenvalue weighted by Crippen LogP contribution is 2.23. The molecular weight excluding hydrogens is 260 g/mol. The Kier molecular flexibility index (Phi) is 4.62. The Labute approximate surface area is 116 Å². The fraction of sp³-hybridized carbons (Fsp3) is 0.214. The summed E-state index contributed by atoms with van der Waals surface area (Å²) in [6.07, 6.45) is 3.13. The Morgan fingerprint density at radius 2 is 2.05 bits per heavy atom. The lowest BCUT2D eigenvalue weighted by Crippen LogP contribution is -2.05. The van der Waals surface area contributed by atoms with E-state index in [0.717, 1.165) is 5.56 Å². The van der Waals surface area contributed by atoms with E-state index < -0.39 is 5.97 Å². The first kappa shape index (κ1) is 14.0. The van der Waals surface area contributed by atoms with Crippen LogP contribution in [0, 0.1) is 0 Å². The van der Waals surface area contributed by atoms with Crippen molar-refractivity contribution in [3.05, 3.63) is 47.9 Å². The van der Waals surface area contributed by atoms with Crippen molar-refractivity contribution in [1.29, 1.82) is 0 Å². The van der Waals surface area contributed by atoms with Crippen LogP contribution in [0.2, 0.25) is 0 Å². The number of rotatable bonds is 5. The van der Waals surface area contributed by atoms with Crippen LogP contribution in [0.1, 0.15) is 16.1 Å². The van der Waals surface area contributed by atoms with Crippen molar-refractivity contribution in [2.45, 2.75) is 6.42 Å². The lowest BCUT2D eigenvalue weighted by molar-refractivity contribution is 0.0593. The number of esters is 1. The maximum atomic E-state index is 11.2. The van der Waals surface area contributed by atoms with E-state index >= 15 is 0 Å². The number of hydrogen-bond acceptors (Lipinski definition) is 6. The first-order valence-corrected chi connectivity index (χ1v) is 6.01. The zero-order valence-electron chi connectivity index (χ0n) is 10.9. The molecule has 0 radical (unpaired) electrons. The molecule has 1 N–H and O–H groups in total. The molecule has 2 aromatic rings. The predicted molar refractivity (Wildman–Crippen MR) is 70.7 cm³/mol. The molecule has 104 valence electrons. The van der Waals surface area contributed by atoms with Crippen LogP contribution in [0.5, 0.6) is 11.6 Å². The number of methoxy groups -OCH3 is 1. The van der Waals surface area contributed by atoms with Gasteiger partial charge in [-0.2, -0.15) is 0 Å². The van der Waals surface area contributed by atoms with Gasteiger partial charge in [0.15, 0.2) is 5.69 Å². The van der Waals surface area contributed by atoms with Gasteiger partial charge in [-0.25, -0.2) is 14.8 Å². The summed E-state index contributed by atoms with van der Waals surface area (Å²) in [6, 6.07) is 7.33. The van der Waals surface area contributed by atoms with Gasteiger partial charge < -0.3 is 14.6 Å². The van der Waals surface area contributed by atoms with Crippen molar-refractivity contribution >= 4 is 5.97 Å². The van der Waals surface area contributed by atoms with Crippen LogP contribution in [0.15, 0.2) is 36.7 Å². The molecule has 0 atom stereocenters. The number of carbonyl (C=O) groups excluding carboxylic acids is 1. The summed E-state index contributed by atoms with van der Waals surface area (Å²) >= 11 is 0. The SMILES string of the molecule is COC(=O)c1cnc(Oc2ccccc2CCO)cn1. The maximum Gasteiger partial charge on any atom is 0.358 e. The third kappa shape index (κ3) is 3.30. The Bertz CT molecular complexity index is 584. The monoisotopic (exact) mass is 274 g/mol. The lowest BCUT2D eigenvalue weighted by atomic mass is 10.1. The van der Waals surface area contributed by atoms with Crippen molar-refractivity contribution in [2.24, 2.45) is 0 Å². The fourth-order valence-corrected chi connectivity index (χ4v) is 1.62. The lowest BCUT2D eigenvalue weighted by Gasteiger charge is -2.09. The summed E-state index contributed by atoms with van der Waals surface area (Å²) < 4.78 is 10.1. The Balaban J connectivity index is 2.16. The van der Waals surface area contributed by atoms with Gasteiger partial charge in [-0.1, -0.05) is 18.2 Å². The smallest absolute Gasteiger partial charge is 0.358 e. The average Bonchev–Trinajstić information content (AvgIpc) is 2.49. The van der Waals surface area contributed by atoms with E-state index in [4.69, 9.17) is 9.84 Å². The summed E-state index contributed by atoms with van der Waals surface area (Å²) in [5, 5.41) is 9.00. The quantitative estimate of drug-likeness (QED) is 0.834.